The maximum Gasteiger partial charge on any atom is 0.293 e. The zero-order chi connectivity index (χ0) is 21.0. The molecule has 1 amide bonds. The van der Waals surface area contributed by atoms with Gasteiger partial charge >= 0.3 is 0 Å². The maximum absolute atomic E-state index is 12.5. The van der Waals surface area contributed by atoms with Crippen molar-refractivity contribution < 1.29 is 9.21 Å². The standard InChI is InChI=1S/C22H20Cl2N2O2S/c1-3-13(2)14-7-4-5-10-17(14)25-22(29)26-21(27)19-12-11-18(28-19)15-8-6-9-16(23)20(15)24/h4-13H,3H2,1-2H3,(H2,25,26,27,29). The molecule has 2 aromatic carbocycles. The third kappa shape index (κ3) is 4.99. The number of anilines is 1. The van der Waals surface area contributed by atoms with Gasteiger partial charge in [0.2, 0.25) is 0 Å². The van der Waals surface area contributed by atoms with Gasteiger partial charge in [0.1, 0.15) is 5.76 Å². The van der Waals surface area contributed by atoms with E-state index in [0.717, 1.165) is 17.7 Å². The third-order valence-electron chi connectivity index (χ3n) is 4.63. The van der Waals surface area contributed by atoms with Gasteiger partial charge in [0.25, 0.3) is 5.91 Å². The molecule has 0 aliphatic carbocycles. The van der Waals surface area contributed by atoms with Crippen LogP contribution in [0.5, 0.6) is 0 Å². The molecule has 0 aliphatic heterocycles. The van der Waals surface area contributed by atoms with Gasteiger partial charge in [-0.25, -0.2) is 0 Å². The number of carbonyl (C=O) groups is 1. The summed E-state index contributed by atoms with van der Waals surface area (Å²) in [5, 5.41) is 6.73. The molecule has 1 heterocycles. The smallest absolute Gasteiger partial charge is 0.293 e. The minimum Gasteiger partial charge on any atom is -0.451 e. The van der Waals surface area contributed by atoms with Crippen LogP contribution < -0.4 is 10.6 Å². The SMILES string of the molecule is CCC(C)c1ccccc1NC(=S)NC(=O)c1ccc(-c2cccc(Cl)c2Cl)o1. The van der Waals surface area contributed by atoms with E-state index >= 15 is 0 Å². The zero-order valence-electron chi connectivity index (χ0n) is 16.0. The predicted molar refractivity (Wildman–Crippen MR) is 123 cm³/mol. The van der Waals surface area contributed by atoms with Crippen LogP contribution in [0.1, 0.15) is 42.3 Å². The molecule has 29 heavy (non-hydrogen) atoms. The quantitative estimate of drug-likeness (QED) is 0.418. The molecule has 1 aromatic heterocycles. The van der Waals surface area contributed by atoms with Crippen LogP contribution in [0, 0.1) is 0 Å². The van der Waals surface area contributed by atoms with Gasteiger partial charge in [-0.2, -0.15) is 0 Å². The van der Waals surface area contributed by atoms with Crippen molar-refractivity contribution in [3.05, 3.63) is 76.0 Å². The van der Waals surface area contributed by atoms with E-state index in [1.807, 2.05) is 18.2 Å². The number of thiocarbonyl (C=S) groups is 1. The number of hydrogen-bond acceptors (Lipinski definition) is 3. The summed E-state index contributed by atoms with van der Waals surface area (Å²) in [4.78, 5) is 12.5. The second-order valence-electron chi connectivity index (χ2n) is 6.57. The summed E-state index contributed by atoms with van der Waals surface area (Å²) in [5.74, 6) is 0.485. The molecule has 0 saturated carbocycles. The molecular weight excluding hydrogens is 427 g/mol. The Morgan fingerprint density at radius 2 is 1.86 bits per heavy atom. The molecule has 3 aromatic rings. The van der Waals surface area contributed by atoms with Gasteiger partial charge in [0, 0.05) is 11.3 Å². The van der Waals surface area contributed by atoms with Crippen LogP contribution in [0.4, 0.5) is 5.69 Å². The average Bonchev–Trinajstić information content (AvgIpc) is 3.20. The lowest BCUT2D eigenvalue weighted by Crippen LogP contribution is -2.34. The Morgan fingerprint density at radius 3 is 2.62 bits per heavy atom. The van der Waals surface area contributed by atoms with Crippen LogP contribution in [0.2, 0.25) is 10.0 Å². The molecular formula is C22H20Cl2N2O2S. The van der Waals surface area contributed by atoms with E-state index in [1.165, 1.54) is 0 Å². The van der Waals surface area contributed by atoms with E-state index in [1.54, 1.807) is 30.3 Å². The van der Waals surface area contributed by atoms with E-state index < -0.39 is 5.91 Å². The number of carbonyl (C=O) groups excluding carboxylic acids is 1. The van der Waals surface area contributed by atoms with Gasteiger partial charge in [-0.15, -0.1) is 0 Å². The second kappa shape index (κ2) is 9.44. The molecule has 150 valence electrons. The monoisotopic (exact) mass is 446 g/mol. The summed E-state index contributed by atoms with van der Waals surface area (Å²) in [6.45, 7) is 4.27. The van der Waals surface area contributed by atoms with E-state index in [-0.39, 0.29) is 10.9 Å². The van der Waals surface area contributed by atoms with Crippen LogP contribution in [-0.4, -0.2) is 11.0 Å². The number of para-hydroxylation sites is 1. The maximum atomic E-state index is 12.5. The zero-order valence-corrected chi connectivity index (χ0v) is 18.3. The predicted octanol–water partition coefficient (Wildman–Crippen LogP) is 6.89. The largest absolute Gasteiger partial charge is 0.451 e. The average molecular weight is 447 g/mol. The Labute approximate surface area is 185 Å². The van der Waals surface area contributed by atoms with Crippen LogP contribution in [-0.2, 0) is 0 Å². The van der Waals surface area contributed by atoms with Crippen molar-refractivity contribution in [3.63, 3.8) is 0 Å². The number of amides is 1. The highest BCUT2D eigenvalue weighted by Gasteiger charge is 2.17. The van der Waals surface area contributed by atoms with E-state index in [2.05, 4.69) is 30.5 Å². The van der Waals surface area contributed by atoms with Gasteiger partial charge < -0.3 is 9.73 Å². The fourth-order valence-electron chi connectivity index (χ4n) is 2.88. The lowest BCUT2D eigenvalue weighted by molar-refractivity contribution is 0.0951. The van der Waals surface area contributed by atoms with Gasteiger partial charge in [0.05, 0.1) is 10.0 Å². The lowest BCUT2D eigenvalue weighted by Gasteiger charge is -2.16. The van der Waals surface area contributed by atoms with Crippen molar-refractivity contribution in [1.29, 1.82) is 0 Å². The highest BCUT2D eigenvalue weighted by Crippen LogP contribution is 2.34. The summed E-state index contributed by atoms with van der Waals surface area (Å²) < 4.78 is 5.66. The highest BCUT2D eigenvalue weighted by atomic mass is 35.5. The topological polar surface area (TPSA) is 54.3 Å². The molecule has 2 N–H and O–H groups in total. The highest BCUT2D eigenvalue weighted by molar-refractivity contribution is 7.80. The van der Waals surface area contributed by atoms with Crippen molar-refractivity contribution in [2.24, 2.45) is 0 Å². The fourth-order valence-corrected chi connectivity index (χ4v) is 3.47. The summed E-state index contributed by atoms with van der Waals surface area (Å²) in [7, 11) is 0. The molecule has 0 fully saturated rings. The number of halogens is 2. The Balaban J connectivity index is 1.71. The van der Waals surface area contributed by atoms with Crippen LogP contribution in [0.25, 0.3) is 11.3 Å². The summed E-state index contributed by atoms with van der Waals surface area (Å²) in [5.41, 5.74) is 2.63. The molecule has 0 spiro atoms. The normalized spacial score (nSPS) is 11.7. The van der Waals surface area contributed by atoms with Crippen LogP contribution >= 0.6 is 35.4 Å². The summed E-state index contributed by atoms with van der Waals surface area (Å²) >= 11 is 17.6. The number of furan rings is 1. The fraction of sp³-hybridized carbons (Fsp3) is 0.182. The number of hydrogen-bond donors (Lipinski definition) is 2. The molecule has 1 atom stereocenters. The molecule has 7 heteroatoms. The molecule has 0 aliphatic rings. The Hall–Kier alpha value is -2.34. The molecule has 0 bridgehead atoms. The first-order valence-corrected chi connectivity index (χ1v) is 10.3. The van der Waals surface area contributed by atoms with Gasteiger partial charge in [0.15, 0.2) is 10.9 Å². The van der Waals surface area contributed by atoms with E-state index in [4.69, 9.17) is 39.8 Å². The van der Waals surface area contributed by atoms with Crippen molar-refractivity contribution in [2.45, 2.75) is 26.2 Å². The number of rotatable bonds is 5. The molecule has 1 unspecified atom stereocenters. The van der Waals surface area contributed by atoms with Crippen molar-refractivity contribution in [3.8, 4) is 11.3 Å². The minimum absolute atomic E-state index is 0.121. The minimum atomic E-state index is -0.451. The van der Waals surface area contributed by atoms with Crippen LogP contribution in [0.15, 0.2) is 59.0 Å². The van der Waals surface area contributed by atoms with Crippen molar-refractivity contribution in [2.75, 3.05) is 5.32 Å². The molecule has 3 rings (SSSR count). The Bertz CT molecular complexity index is 1050. The summed E-state index contributed by atoms with van der Waals surface area (Å²) in [6.07, 6.45) is 0.999. The lowest BCUT2D eigenvalue weighted by atomic mass is 9.97. The molecule has 0 radical (unpaired) electrons. The van der Waals surface area contributed by atoms with E-state index in [0.29, 0.717) is 27.3 Å². The summed E-state index contributed by atoms with van der Waals surface area (Å²) in [6, 6.07) is 16.4. The molecule has 0 saturated heterocycles. The Kier molecular flexibility index (Phi) is 6.96. The van der Waals surface area contributed by atoms with Gasteiger partial charge in [-0.3, -0.25) is 10.1 Å². The van der Waals surface area contributed by atoms with Crippen LogP contribution in [0.3, 0.4) is 0 Å². The first kappa shape index (κ1) is 21.4. The molecule has 4 nitrogen and oxygen atoms in total. The third-order valence-corrected chi connectivity index (χ3v) is 5.65. The Morgan fingerprint density at radius 1 is 1.10 bits per heavy atom. The van der Waals surface area contributed by atoms with E-state index in [9.17, 15) is 4.79 Å². The van der Waals surface area contributed by atoms with Gasteiger partial charge in [-0.1, -0.05) is 61.3 Å². The van der Waals surface area contributed by atoms with Crippen molar-refractivity contribution >= 4 is 52.1 Å². The first-order valence-electron chi connectivity index (χ1n) is 9.16. The number of benzene rings is 2. The van der Waals surface area contributed by atoms with Gasteiger partial charge in [-0.05, 0) is 60.5 Å². The first-order chi connectivity index (χ1) is 13.9. The second-order valence-corrected chi connectivity index (χ2v) is 7.76. The van der Waals surface area contributed by atoms with Crippen molar-refractivity contribution in [1.82, 2.24) is 5.32 Å². The number of nitrogens with one attached hydrogen (secondary N) is 2.